The molecule has 40 heavy (non-hydrogen) atoms. The van der Waals surface area contributed by atoms with Crippen molar-refractivity contribution >= 4 is 44.7 Å². The van der Waals surface area contributed by atoms with Gasteiger partial charge in [0.25, 0.3) is 5.91 Å². The fourth-order valence-corrected chi connectivity index (χ4v) is 6.97. The van der Waals surface area contributed by atoms with Gasteiger partial charge in [-0.2, -0.15) is 12.7 Å². The number of thiophene rings is 1. The van der Waals surface area contributed by atoms with Crippen molar-refractivity contribution in [2.75, 3.05) is 27.7 Å². The molecule has 0 bridgehead atoms. The van der Waals surface area contributed by atoms with E-state index in [9.17, 15) is 18.0 Å². The fraction of sp³-hybridized carbons (Fsp3) is 0.481. The lowest BCUT2D eigenvalue weighted by Gasteiger charge is -2.26. The Labute approximate surface area is 243 Å². The molecule has 13 heteroatoms. The van der Waals surface area contributed by atoms with Crippen LogP contribution in [0.5, 0.6) is 5.75 Å². The van der Waals surface area contributed by atoms with E-state index in [0.29, 0.717) is 35.0 Å². The molecule has 10 nitrogen and oxygen atoms in total. The average molecular weight is 606 g/mol. The normalized spacial score (nSPS) is 14.3. The van der Waals surface area contributed by atoms with Crippen LogP contribution in [0.1, 0.15) is 60.6 Å². The number of carbonyl (C=O) groups is 2. The molecule has 1 N–H and O–H groups in total. The Morgan fingerprint density at radius 2 is 1.85 bits per heavy atom. The van der Waals surface area contributed by atoms with Gasteiger partial charge in [0.15, 0.2) is 0 Å². The Morgan fingerprint density at radius 1 is 1.12 bits per heavy atom. The van der Waals surface area contributed by atoms with E-state index in [4.69, 9.17) is 4.74 Å². The highest BCUT2D eigenvalue weighted by molar-refractivity contribution is 7.87. The molecule has 1 saturated carbocycles. The number of thiazole rings is 1. The smallest absolute Gasteiger partial charge is 0.303 e. The number of ether oxygens (including phenoxy) is 1. The van der Waals surface area contributed by atoms with Crippen LogP contribution in [-0.2, 0) is 33.4 Å². The summed E-state index contributed by atoms with van der Waals surface area (Å²) < 4.78 is 32.5. The first-order chi connectivity index (χ1) is 18.9. The van der Waals surface area contributed by atoms with Gasteiger partial charge in [0.2, 0.25) is 5.91 Å². The summed E-state index contributed by atoms with van der Waals surface area (Å²) in [6.07, 6.45) is 4.67. The largest absolute Gasteiger partial charge is 0.495 e. The van der Waals surface area contributed by atoms with Crippen LogP contribution in [-0.4, -0.2) is 67.2 Å². The SMILES string of the molecule is COc1ccc(C2(C(=O)N(CCCc3cc(C)c(C)s3)Cc3nc(C(=O)NS(=O)(=O)N(C)C)c(C)s3)CC2)nc1. The van der Waals surface area contributed by atoms with Crippen LogP contribution in [0, 0.1) is 20.8 Å². The van der Waals surface area contributed by atoms with Crippen LogP contribution in [0.25, 0.3) is 0 Å². The van der Waals surface area contributed by atoms with Crippen LogP contribution < -0.4 is 9.46 Å². The molecule has 3 heterocycles. The molecule has 3 aromatic heterocycles. The van der Waals surface area contributed by atoms with Gasteiger partial charge < -0.3 is 9.64 Å². The third-order valence-corrected chi connectivity index (χ3v) is 10.6. The predicted octanol–water partition coefficient (Wildman–Crippen LogP) is 3.76. The number of methoxy groups -OCH3 is 1. The maximum atomic E-state index is 14.0. The van der Waals surface area contributed by atoms with Crippen molar-refractivity contribution in [3.05, 3.63) is 61.0 Å². The third-order valence-electron chi connectivity index (χ3n) is 7.06. The van der Waals surface area contributed by atoms with E-state index >= 15 is 0 Å². The predicted molar refractivity (Wildman–Crippen MR) is 156 cm³/mol. The quantitative estimate of drug-likeness (QED) is 0.334. The number of amides is 2. The van der Waals surface area contributed by atoms with Crippen molar-refractivity contribution in [3.63, 3.8) is 0 Å². The molecule has 0 radical (unpaired) electrons. The Hall–Kier alpha value is -2.87. The molecule has 0 atom stereocenters. The minimum atomic E-state index is -3.96. The molecule has 2 amide bonds. The highest BCUT2D eigenvalue weighted by Gasteiger charge is 2.54. The lowest BCUT2D eigenvalue weighted by Crippen LogP contribution is -2.40. The second-order valence-corrected chi connectivity index (χ2v) is 14.7. The van der Waals surface area contributed by atoms with Gasteiger partial charge in [-0.1, -0.05) is 0 Å². The number of aryl methyl sites for hydroxylation is 4. The number of aromatic nitrogens is 2. The molecular weight excluding hydrogens is 571 g/mol. The zero-order valence-corrected chi connectivity index (χ0v) is 26.1. The number of carbonyl (C=O) groups excluding carboxylic acids is 2. The zero-order chi connectivity index (χ0) is 29.2. The summed E-state index contributed by atoms with van der Waals surface area (Å²) in [6, 6.07) is 5.87. The van der Waals surface area contributed by atoms with Crippen molar-refractivity contribution in [1.29, 1.82) is 0 Å². The minimum Gasteiger partial charge on any atom is -0.495 e. The van der Waals surface area contributed by atoms with Gasteiger partial charge in [-0.3, -0.25) is 14.6 Å². The average Bonchev–Trinajstić information content (AvgIpc) is 3.54. The number of nitrogens with one attached hydrogen (secondary N) is 1. The van der Waals surface area contributed by atoms with Crippen molar-refractivity contribution < 1.29 is 22.7 Å². The number of hydrogen-bond donors (Lipinski definition) is 1. The van der Waals surface area contributed by atoms with Gasteiger partial charge >= 0.3 is 10.2 Å². The number of hydrogen-bond acceptors (Lipinski definition) is 9. The molecule has 0 unspecified atom stereocenters. The zero-order valence-electron chi connectivity index (χ0n) is 23.6. The molecule has 1 aliphatic rings. The van der Waals surface area contributed by atoms with Crippen molar-refractivity contribution in [1.82, 2.24) is 23.9 Å². The number of nitrogens with zero attached hydrogens (tertiary/aromatic N) is 4. The Bertz CT molecular complexity index is 1470. The van der Waals surface area contributed by atoms with E-state index in [2.05, 4.69) is 29.9 Å². The fourth-order valence-electron chi connectivity index (χ4n) is 4.41. The Balaban J connectivity index is 1.56. The third kappa shape index (κ3) is 6.54. The summed E-state index contributed by atoms with van der Waals surface area (Å²) in [7, 11) is 0.292. The highest BCUT2D eigenvalue weighted by Crippen LogP contribution is 2.49. The molecule has 0 saturated heterocycles. The monoisotopic (exact) mass is 605 g/mol. The molecular formula is C27H35N5O5S3. The first kappa shape index (κ1) is 30.1. The summed E-state index contributed by atoms with van der Waals surface area (Å²) in [4.78, 5) is 40.7. The second-order valence-electron chi connectivity index (χ2n) is 10.2. The Morgan fingerprint density at radius 3 is 2.40 bits per heavy atom. The van der Waals surface area contributed by atoms with E-state index in [-0.39, 0.29) is 18.1 Å². The van der Waals surface area contributed by atoms with E-state index in [1.54, 1.807) is 31.6 Å². The van der Waals surface area contributed by atoms with E-state index < -0.39 is 21.5 Å². The second kappa shape index (κ2) is 11.9. The number of pyridine rings is 1. The summed E-state index contributed by atoms with van der Waals surface area (Å²) in [5.41, 5.74) is 1.35. The molecule has 0 spiro atoms. The molecule has 0 aliphatic heterocycles. The van der Waals surface area contributed by atoms with Crippen LogP contribution >= 0.6 is 22.7 Å². The van der Waals surface area contributed by atoms with Gasteiger partial charge in [0, 0.05) is 35.3 Å². The van der Waals surface area contributed by atoms with Gasteiger partial charge in [-0.05, 0) is 70.2 Å². The summed E-state index contributed by atoms with van der Waals surface area (Å²) >= 11 is 3.06. The molecule has 3 aromatic rings. The topological polar surface area (TPSA) is 122 Å². The van der Waals surface area contributed by atoms with Gasteiger partial charge in [-0.15, -0.1) is 22.7 Å². The standard InChI is InChI=1S/C27H35N5O5S3/c1-17-14-21(38-18(17)2)8-7-13-32(26(34)27(11-12-27)22-10-9-20(37-6)15-28-22)16-23-29-24(19(3)39-23)25(33)30-40(35,36)31(4)5/h9-10,14-15H,7-8,11-13,16H2,1-6H3,(H,30,33). The van der Waals surface area contributed by atoms with Crippen LogP contribution in [0.3, 0.4) is 0 Å². The molecule has 216 valence electrons. The Kier molecular flexibility index (Phi) is 8.98. The van der Waals surface area contributed by atoms with E-state index in [1.165, 1.54) is 40.7 Å². The van der Waals surface area contributed by atoms with Gasteiger partial charge in [0.1, 0.15) is 16.5 Å². The minimum absolute atomic E-state index is 0.0160. The lowest BCUT2D eigenvalue weighted by molar-refractivity contribution is -0.134. The van der Waals surface area contributed by atoms with Crippen molar-refractivity contribution in [2.24, 2.45) is 0 Å². The maximum absolute atomic E-state index is 14.0. The van der Waals surface area contributed by atoms with E-state index in [1.807, 2.05) is 21.8 Å². The van der Waals surface area contributed by atoms with Crippen LogP contribution in [0.4, 0.5) is 0 Å². The van der Waals surface area contributed by atoms with Crippen molar-refractivity contribution in [2.45, 2.75) is 58.4 Å². The maximum Gasteiger partial charge on any atom is 0.303 e. The van der Waals surface area contributed by atoms with Crippen LogP contribution in [0.15, 0.2) is 24.4 Å². The summed E-state index contributed by atoms with van der Waals surface area (Å²) in [5.74, 6) is -0.181. The van der Waals surface area contributed by atoms with E-state index in [0.717, 1.165) is 22.8 Å². The number of rotatable bonds is 12. The van der Waals surface area contributed by atoms with Crippen molar-refractivity contribution in [3.8, 4) is 5.75 Å². The molecule has 1 fully saturated rings. The highest BCUT2D eigenvalue weighted by atomic mass is 32.2. The van der Waals surface area contributed by atoms with Crippen LogP contribution in [0.2, 0.25) is 0 Å². The molecule has 0 aromatic carbocycles. The lowest BCUT2D eigenvalue weighted by atomic mass is 9.99. The molecule has 4 rings (SSSR count). The molecule has 1 aliphatic carbocycles. The first-order valence-electron chi connectivity index (χ1n) is 12.9. The summed E-state index contributed by atoms with van der Waals surface area (Å²) in [5, 5.41) is 0.569. The first-order valence-corrected chi connectivity index (χ1v) is 16.0. The van der Waals surface area contributed by atoms with Gasteiger partial charge in [-0.25, -0.2) is 9.71 Å². The summed E-state index contributed by atoms with van der Waals surface area (Å²) in [6.45, 7) is 6.67. The van der Waals surface area contributed by atoms with Gasteiger partial charge in [0.05, 0.1) is 31.0 Å².